The number of hydroxylamine groups is 2. The third kappa shape index (κ3) is 3.59. The molecule has 0 saturated heterocycles. The summed E-state index contributed by atoms with van der Waals surface area (Å²) in [5.41, 5.74) is -0.850. The summed E-state index contributed by atoms with van der Waals surface area (Å²) in [7, 11) is 2.65. The second-order valence-electron chi connectivity index (χ2n) is 3.44. The van der Waals surface area contributed by atoms with Gasteiger partial charge in [-0.05, 0) is 17.7 Å². The van der Waals surface area contributed by atoms with Gasteiger partial charge in [0.1, 0.15) is 0 Å². The highest BCUT2D eigenvalue weighted by Gasteiger charge is 2.32. The zero-order valence-corrected chi connectivity index (χ0v) is 9.86. The lowest BCUT2D eigenvalue weighted by Gasteiger charge is -2.11. The van der Waals surface area contributed by atoms with E-state index in [1.807, 2.05) is 0 Å². The van der Waals surface area contributed by atoms with Crippen molar-refractivity contribution in [1.82, 2.24) is 5.06 Å². The van der Waals surface area contributed by atoms with Crippen LogP contribution in [-0.4, -0.2) is 25.1 Å². The van der Waals surface area contributed by atoms with Gasteiger partial charge in [-0.2, -0.15) is 13.2 Å². The quantitative estimate of drug-likeness (QED) is 0.617. The van der Waals surface area contributed by atoms with E-state index in [9.17, 15) is 18.0 Å². The molecule has 98 valence electrons. The summed E-state index contributed by atoms with van der Waals surface area (Å²) in [6, 6.07) is 5.02. The number of carbonyl (C=O) groups is 1. The van der Waals surface area contributed by atoms with Crippen LogP contribution >= 0.6 is 0 Å². The molecule has 0 bridgehead atoms. The van der Waals surface area contributed by atoms with E-state index in [1.165, 1.54) is 32.4 Å². The van der Waals surface area contributed by atoms with E-state index in [0.717, 1.165) is 23.3 Å². The van der Waals surface area contributed by atoms with Crippen LogP contribution in [0.25, 0.3) is 6.08 Å². The van der Waals surface area contributed by atoms with Gasteiger partial charge >= 0.3 is 6.18 Å². The first kappa shape index (κ1) is 14.2. The van der Waals surface area contributed by atoms with Crippen LogP contribution in [0.5, 0.6) is 0 Å². The molecule has 0 heterocycles. The van der Waals surface area contributed by atoms with Gasteiger partial charge in [0.2, 0.25) is 0 Å². The van der Waals surface area contributed by atoms with Gasteiger partial charge in [-0.25, -0.2) is 5.06 Å². The Morgan fingerprint density at radius 2 is 1.94 bits per heavy atom. The summed E-state index contributed by atoms with van der Waals surface area (Å²) in [4.78, 5) is 15.9. The third-order valence-corrected chi connectivity index (χ3v) is 2.26. The number of benzene rings is 1. The minimum atomic E-state index is -4.45. The molecule has 0 unspecified atom stereocenters. The van der Waals surface area contributed by atoms with Crippen molar-refractivity contribution < 1.29 is 22.8 Å². The lowest BCUT2D eigenvalue weighted by molar-refractivity contribution is -0.162. The smallest absolute Gasteiger partial charge is 0.274 e. The van der Waals surface area contributed by atoms with Gasteiger partial charge in [-0.15, -0.1) is 0 Å². The Bertz CT molecular complexity index is 455. The van der Waals surface area contributed by atoms with Gasteiger partial charge < -0.3 is 0 Å². The maximum Gasteiger partial charge on any atom is 0.416 e. The van der Waals surface area contributed by atoms with Crippen molar-refractivity contribution in [2.24, 2.45) is 0 Å². The van der Waals surface area contributed by atoms with Gasteiger partial charge in [0, 0.05) is 13.1 Å². The van der Waals surface area contributed by atoms with Crippen LogP contribution in [0.2, 0.25) is 0 Å². The number of amides is 1. The van der Waals surface area contributed by atoms with E-state index >= 15 is 0 Å². The van der Waals surface area contributed by atoms with Crippen molar-refractivity contribution >= 4 is 12.0 Å². The van der Waals surface area contributed by atoms with Crippen molar-refractivity contribution in [1.29, 1.82) is 0 Å². The highest BCUT2D eigenvalue weighted by Crippen LogP contribution is 2.32. The van der Waals surface area contributed by atoms with Gasteiger partial charge in [-0.3, -0.25) is 9.63 Å². The number of carbonyl (C=O) groups excluding carboxylic acids is 1. The van der Waals surface area contributed by atoms with Crippen LogP contribution in [0.15, 0.2) is 30.3 Å². The second kappa shape index (κ2) is 5.68. The van der Waals surface area contributed by atoms with Crippen LogP contribution in [0.4, 0.5) is 13.2 Å². The van der Waals surface area contributed by atoms with Crippen LogP contribution in [0.3, 0.4) is 0 Å². The largest absolute Gasteiger partial charge is 0.416 e. The highest BCUT2D eigenvalue weighted by atomic mass is 19.4. The Labute approximate surface area is 102 Å². The van der Waals surface area contributed by atoms with E-state index in [4.69, 9.17) is 0 Å². The number of halogens is 3. The first-order valence-electron chi connectivity index (χ1n) is 5.02. The monoisotopic (exact) mass is 259 g/mol. The van der Waals surface area contributed by atoms with Crippen molar-refractivity contribution in [2.45, 2.75) is 6.18 Å². The molecule has 1 aromatic carbocycles. The molecule has 1 aromatic rings. The molecular formula is C12H12F3NO2. The van der Waals surface area contributed by atoms with Crippen LogP contribution in [-0.2, 0) is 15.8 Å². The Morgan fingerprint density at radius 3 is 2.50 bits per heavy atom. The van der Waals surface area contributed by atoms with E-state index < -0.39 is 17.6 Å². The molecule has 0 aliphatic heterocycles. The van der Waals surface area contributed by atoms with Crippen molar-refractivity contribution in [3.8, 4) is 0 Å². The molecule has 0 saturated carbocycles. The third-order valence-electron chi connectivity index (χ3n) is 2.26. The SMILES string of the molecule is CON(C)C(=O)/C=C/c1ccccc1C(F)(F)F. The van der Waals surface area contributed by atoms with E-state index in [2.05, 4.69) is 4.84 Å². The minimum Gasteiger partial charge on any atom is -0.274 e. The molecule has 0 fully saturated rings. The highest BCUT2D eigenvalue weighted by molar-refractivity contribution is 5.91. The predicted octanol–water partition coefficient (Wildman–Crippen LogP) is 2.74. The van der Waals surface area contributed by atoms with Gasteiger partial charge in [0.05, 0.1) is 12.7 Å². The number of hydrogen-bond donors (Lipinski definition) is 0. The maximum absolute atomic E-state index is 12.6. The normalized spacial score (nSPS) is 11.8. The lowest BCUT2D eigenvalue weighted by atomic mass is 10.1. The Kier molecular flexibility index (Phi) is 4.49. The Hall–Kier alpha value is -1.82. The van der Waals surface area contributed by atoms with E-state index in [0.29, 0.717) is 0 Å². The fourth-order valence-corrected chi connectivity index (χ4v) is 1.26. The van der Waals surface area contributed by atoms with E-state index in [-0.39, 0.29) is 5.56 Å². The number of nitrogens with zero attached hydrogens (tertiary/aromatic N) is 1. The van der Waals surface area contributed by atoms with Crippen LogP contribution in [0.1, 0.15) is 11.1 Å². The van der Waals surface area contributed by atoms with Gasteiger partial charge in [-0.1, -0.05) is 18.2 Å². The molecule has 0 N–H and O–H groups in total. The molecule has 1 rings (SSSR count). The summed E-state index contributed by atoms with van der Waals surface area (Å²) in [5.74, 6) is -0.547. The maximum atomic E-state index is 12.6. The molecule has 18 heavy (non-hydrogen) atoms. The molecular weight excluding hydrogens is 247 g/mol. The second-order valence-corrected chi connectivity index (χ2v) is 3.44. The number of rotatable bonds is 3. The molecule has 0 radical (unpaired) electrons. The molecule has 0 aliphatic rings. The predicted molar refractivity (Wildman–Crippen MR) is 60.3 cm³/mol. The first-order valence-corrected chi connectivity index (χ1v) is 5.02. The fourth-order valence-electron chi connectivity index (χ4n) is 1.26. The molecule has 1 amide bonds. The molecule has 0 aliphatic carbocycles. The molecule has 6 heteroatoms. The summed E-state index contributed by atoms with van der Waals surface area (Å²) >= 11 is 0. The van der Waals surface area contributed by atoms with Gasteiger partial charge in [0.15, 0.2) is 0 Å². The topological polar surface area (TPSA) is 29.5 Å². The Balaban J connectivity index is 2.98. The Morgan fingerprint density at radius 1 is 1.33 bits per heavy atom. The standard InChI is InChI=1S/C12H12F3NO2/c1-16(18-2)11(17)8-7-9-5-3-4-6-10(9)12(13,14)15/h3-8H,1-2H3/b8-7+. The van der Waals surface area contributed by atoms with Gasteiger partial charge in [0.25, 0.3) is 5.91 Å². The summed E-state index contributed by atoms with van der Waals surface area (Å²) in [5, 5.41) is 0.909. The van der Waals surface area contributed by atoms with Crippen LogP contribution < -0.4 is 0 Å². The van der Waals surface area contributed by atoms with Crippen molar-refractivity contribution in [2.75, 3.05) is 14.2 Å². The van der Waals surface area contributed by atoms with Crippen molar-refractivity contribution in [3.63, 3.8) is 0 Å². The average Bonchev–Trinajstić information content (AvgIpc) is 2.34. The molecule has 0 spiro atoms. The number of alkyl halides is 3. The summed E-state index contributed by atoms with van der Waals surface area (Å²) in [6.07, 6.45) is -2.31. The zero-order chi connectivity index (χ0) is 13.8. The minimum absolute atomic E-state index is 0.0668. The van der Waals surface area contributed by atoms with Crippen molar-refractivity contribution in [3.05, 3.63) is 41.5 Å². The zero-order valence-electron chi connectivity index (χ0n) is 9.86. The molecule has 0 aromatic heterocycles. The lowest BCUT2D eigenvalue weighted by Crippen LogP contribution is -2.23. The van der Waals surface area contributed by atoms with E-state index in [1.54, 1.807) is 0 Å². The number of hydrogen-bond acceptors (Lipinski definition) is 2. The fraction of sp³-hybridized carbons (Fsp3) is 0.250. The summed E-state index contributed by atoms with van der Waals surface area (Å²) in [6.45, 7) is 0. The molecule has 0 atom stereocenters. The number of likely N-dealkylation sites (N-methyl/N-ethyl adjacent to an activating group) is 1. The molecule has 3 nitrogen and oxygen atoms in total. The average molecular weight is 259 g/mol. The first-order chi connectivity index (χ1) is 8.36. The van der Waals surface area contributed by atoms with Crippen LogP contribution in [0, 0.1) is 0 Å². The summed E-state index contributed by atoms with van der Waals surface area (Å²) < 4.78 is 37.9.